The van der Waals surface area contributed by atoms with Gasteiger partial charge in [-0.2, -0.15) is 0 Å². The van der Waals surface area contributed by atoms with E-state index in [1.807, 2.05) is 5.38 Å². The van der Waals surface area contributed by atoms with Gasteiger partial charge in [0.2, 0.25) is 0 Å². The fourth-order valence-corrected chi connectivity index (χ4v) is 4.17. The lowest BCUT2D eigenvalue weighted by molar-refractivity contribution is 0.577. The molecule has 0 amide bonds. The zero-order valence-electron chi connectivity index (χ0n) is 9.90. The molecule has 1 unspecified atom stereocenters. The number of thiophene rings is 2. The van der Waals surface area contributed by atoms with Crippen molar-refractivity contribution in [3.63, 3.8) is 0 Å². The summed E-state index contributed by atoms with van der Waals surface area (Å²) in [5.41, 5.74) is 6.71. The summed E-state index contributed by atoms with van der Waals surface area (Å²) in [6.07, 6.45) is 0.433. The fourth-order valence-electron chi connectivity index (χ4n) is 2.05. The van der Waals surface area contributed by atoms with Gasteiger partial charge >= 0.3 is 0 Å². The van der Waals surface area contributed by atoms with Crippen LogP contribution in [0.4, 0.5) is 8.78 Å². The van der Waals surface area contributed by atoms with E-state index < -0.39 is 11.6 Å². The van der Waals surface area contributed by atoms with Gasteiger partial charge in [-0.05, 0) is 41.6 Å². The van der Waals surface area contributed by atoms with E-state index in [9.17, 15) is 8.78 Å². The molecule has 2 heterocycles. The third-order valence-electron chi connectivity index (χ3n) is 2.90. The maximum Gasteiger partial charge on any atom is 0.126 e. The van der Waals surface area contributed by atoms with Gasteiger partial charge in [0.15, 0.2) is 0 Å². The predicted molar refractivity (Wildman–Crippen MR) is 76.7 cm³/mol. The first-order valence-corrected chi connectivity index (χ1v) is 7.49. The highest BCUT2D eigenvalue weighted by molar-refractivity contribution is 7.26. The van der Waals surface area contributed by atoms with Gasteiger partial charge in [0, 0.05) is 26.4 Å². The molecule has 0 aliphatic heterocycles. The van der Waals surface area contributed by atoms with Crippen molar-refractivity contribution in [2.45, 2.75) is 12.5 Å². The van der Waals surface area contributed by atoms with Crippen LogP contribution in [0.25, 0.3) is 9.40 Å². The van der Waals surface area contributed by atoms with E-state index in [-0.39, 0.29) is 6.04 Å². The minimum absolute atomic E-state index is 0.231. The quantitative estimate of drug-likeness (QED) is 0.757. The third kappa shape index (κ3) is 2.68. The van der Waals surface area contributed by atoms with Crippen molar-refractivity contribution in [2.24, 2.45) is 5.73 Å². The van der Waals surface area contributed by atoms with Gasteiger partial charge in [-0.25, -0.2) is 8.78 Å². The predicted octanol–water partition coefficient (Wildman–Crippen LogP) is 4.48. The summed E-state index contributed by atoms with van der Waals surface area (Å²) in [5, 5.41) is 2.04. The monoisotopic (exact) mass is 295 g/mol. The molecular formula is C14H11F2NS2. The Morgan fingerprint density at radius 3 is 2.47 bits per heavy atom. The normalized spacial score (nSPS) is 13.0. The Hall–Kier alpha value is -1.30. The highest BCUT2D eigenvalue weighted by atomic mass is 32.1. The van der Waals surface area contributed by atoms with Crippen LogP contribution in [0.2, 0.25) is 0 Å². The molecular weight excluding hydrogens is 284 g/mol. The minimum Gasteiger partial charge on any atom is -0.323 e. The first-order chi connectivity index (χ1) is 9.11. The Labute approximate surface area is 117 Å². The molecule has 0 saturated carbocycles. The highest BCUT2D eigenvalue weighted by Gasteiger charge is 2.12. The number of benzene rings is 1. The molecule has 0 aliphatic rings. The topological polar surface area (TPSA) is 26.0 Å². The van der Waals surface area contributed by atoms with Crippen molar-refractivity contribution in [2.75, 3.05) is 0 Å². The molecule has 0 fully saturated rings. The van der Waals surface area contributed by atoms with Crippen LogP contribution in [0, 0.1) is 11.6 Å². The lowest BCUT2D eigenvalue weighted by atomic mass is 10.1. The van der Waals surface area contributed by atoms with E-state index >= 15 is 0 Å². The molecule has 3 aromatic rings. The molecule has 0 radical (unpaired) electrons. The van der Waals surface area contributed by atoms with Crippen molar-refractivity contribution in [1.82, 2.24) is 0 Å². The molecule has 19 heavy (non-hydrogen) atoms. The highest BCUT2D eigenvalue weighted by Crippen LogP contribution is 2.33. The lowest BCUT2D eigenvalue weighted by Crippen LogP contribution is -2.12. The van der Waals surface area contributed by atoms with Crippen LogP contribution in [0.5, 0.6) is 0 Å². The average Bonchev–Trinajstić information content (AvgIpc) is 2.86. The van der Waals surface area contributed by atoms with Crippen molar-refractivity contribution in [3.05, 3.63) is 57.8 Å². The third-order valence-corrected chi connectivity index (χ3v) is 5.13. The summed E-state index contributed by atoms with van der Waals surface area (Å²) in [6, 6.07) is 7.42. The Kier molecular flexibility index (Phi) is 3.35. The number of rotatable bonds is 3. The van der Waals surface area contributed by atoms with Crippen LogP contribution >= 0.6 is 22.7 Å². The Morgan fingerprint density at radius 2 is 1.79 bits per heavy atom. The molecule has 0 spiro atoms. The second kappa shape index (κ2) is 5.00. The first-order valence-electron chi connectivity index (χ1n) is 5.79. The van der Waals surface area contributed by atoms with Crippen LogP contribution in [0.15, 0.2) is 35.7 Å². The molecule has 0 saturated heterocycles. The van der Waals surface area contributed by atoms with Gasteiger partial charge in [0.25, 0.3) is 0 Å². The zero-order chi connectivity index (χ0) is 13.4. The van der Waals surface area contributed by atoms with E-state index in [4.69, 9.17) is 5.73 Å². The molecule has 2 N–H and O–H groups in total. The van der Waals surface area contributed by atoms with Gasteiger partial charge in [0.05, 0.1) is 0 Å². The Morgan fingerprint density at radius 1 is 1.05 bits per heavy atom. The van der Waals surface area contributed by atoms with Gasteiger partial charge in [0.1, 0.15) is 11.6 Å². The Balaban J connectivity index is 1.84. The van der Waals surface area contributed by atoms with Crippen LogP contribution in [-0.4, -0.2) is 0 Å². The van der Waals surface area contributed by atoms with Crippen LogP contribution in [0.1, 0.15) is 16.5 Å². The summed E-state index contributed by atoms with van der Waals surface area (Å²) in [6.45, 7) is 0. The van der Waals surface area contributed by atoms with Crippen molar-refractivity contribution < 1.29 is 8.78 Å². The summed E-state index contributed by atoms with van der Waals surface area (Å²) >= 11 is 3.31. The molecule has 3 rings (SSSR count). The fraction of sp³-hybridized carbons (Fsp3) is 0.143. The number of halogens is 2. The number of hydrogen-bond acceptors (Lipinski definition) is 3. The zero-order valence-corrected chi connectivity index (χ0v) is 11.5. The van der Waals surface area contributed by atoms with E-state index in [0.29, 0.717) is 12.0 Å². The van der Waals surface area contributed by atoms with Crippen LogP contribution in [-0.2, 0) is 6.42 Å². The molecule has 98 valence electrons. The van der Waals surface area contributed by atoms with Gasteiger partial charge in [-0.15, -0.1) is 22.7 Å². The van der Waals surface area contributed by atoms with Crippen molar-refractivity contribution in [3.8, 4) is 0 Å². The molecule has 0 bridgehead atoms. The second-order valence-corrected chi connectivity index (χ2v) is 6.45. The lowest BCUT2D eigenvalue weighted by Gasteiger charge is -2.09. The molecule has 1 atom stereocenters. The largest absolute Gasteiger partial charge is 0.323 e. The van der Waals surface area contributed by atoms with Gasteiger partial charge in [-0.1, -0.05) is 0 Å². The van der Waals surface area contributed by atoms with E-state index in [1.165, 1.54) is 21.5 Å². The van der Waals surface area contributed by atoms with E-state index in [1.54, 1.807) is 22.7 Å². The molecule has 5 heteroatoms. The molecule has 2 aromatic heterocycles. The van der Waals surface area contributed by atoms with Crippen LogP contribution < -0.4 is 5.73 Å². The standard InChI is InChI=1S/C14H11F2NS2/c15-9-3-8(4-10(16)6-9)5-11(17)13-7-14-12(19-13)1-2-18-14/h1-4,6-7,11H,5,17H2. The summed E-state index contributed by atoms with van der Waals surface area (Å²) in [5.74, 6) is -1.12. The van der Waals surface area contributed by atoms with Crippen molar-refractivity contribution >= 4 is 32.1 Å². The average molecular weight is 295 g/mol. The molecule has 1 aromatic carbocycles. The van der Waals surface area contributed by atoms with Gasteiger partial charge in [-0.3, -0.25) is 0 Å². The smallest absolute Gasteiger partial charge is 0.126 e. The summed E-state index contributed by atoms with van der Waals surface area (Å²) < 4.78 is 28.7. The molecule has 1 nitrogen and oxygen atoms in total. The maximum atomic E-state index is 13.1. The summed E-state index contributed by atoms with van der Waals surface area (Å²) in [4.78, 5) is 1.05. The van der Waals surface area contributed by atoms with Gasteiger partial charge < -0.3 is 5.73 Å². The number of fused-ring (bicyclic) bond motifs is 1. The second-order valence-electron chi connectivity index (χ2n) is 4.39. The number of hydrogen-bond donors (Lipinski definition) is 1. The van der Waals surface area contributed by atoms with E-state index in [2.05, 4.69) is 12.1 Å². The maximum absolute atomic E-state index is 13.1. The van der Waals surface area contributed by atoms with Crippen molar-refractivity contribution in [1.29, 1.82) is 0 Å². The summed E-state index contributed by atoms with van der Waals surface area (Å²) in [7, 11) is 0. The molecule has 0 aliphatic carbocycles. The Bertz CT molecular complexity index is 668. The minimum atomic E-state index is -0.561. The van der Waals surface area contributed by atoms with Crippen LogP contribution in [0.3, 0.4) is 0 Å². The van der Waals surface area contributed by atoms with E-state index in [0.717, 1.165) is 10.9 Å². The SMILES string of the molecule is NC(Cc1cc(F)cc(F)c1)c1cc2sccc2s1. The number of nitrogens with two attached hydrogens (primary N) is 1. The first kappa shape index (κ1) is 12.7.